The maximum atomic E-state index is 12.0. The number of carbonyl (C=O) groups excluding carboxylic acids is 1. The van der Waals surface area contributed by atoms with Crippen molar-refractivity contribution < 1.29 is 9.53 Å². The van der Waals surface area contributed by atoms with Crippen LogP contribution in [-0.2, 0) is 4.79 Å². The predicted molar refractivity (Wildman–Crippen MR) is 124 cm³/mol. The number of rotatable bonds is 2. The Hall–Kier alpha value is -1.88. The fraction of sp³-hybridized carbons (Fsp3) is 0.615. The van der Waals surface area contributed by atoms with Crippen LogP contribution in [0.15, 0.2) is 36.4 Å². The third kappa shape index (κ3) is 2.99. The second-order valence-electron chi connectivity index (χ2n) is 11.1. The molecule has 3 fully saturated rings. The molecule has 1 aromatic carbocycles. The number of benzene rings is 1. The van der Waals surface area contributed by atoms with E-state index < -0.39 is 0 Å². The number of aromatic nitrogens is 1. The van der Waals surface area contributed by atoms with Crippen LogP contribution in [0.2, 0.25) is 0 Å². The molecule has 6 rings (SSSR count). The van der Waals surface area contributed by atoms with Crippen molar-refractivity contribution >= 4 is 27.5 Å². The summed E-state index contributed by atoms with van der Waals surface area (Å²) in [7, 11) is 0. The number of para-hydroxylation sites is 1. The molecule has 0 spiro atoms. The molecule has 164 valence electrons. The van der Waals surface area contributed by atoms with Gasteiger partial charge in [0.2, 0.25) is 5.91 Å². The van der Waals surface area contributed by atoms with E-state index >= 15 is 0 Å². The van der Waals surface area contributed by atoms with E-state index in [4.69, 9.17) is 9.72 Å². The summed E-state index contributed by atoms with van der Waals surface area (Å²) >= 11 is 1.67. The summed E-state index contributed by atoms with van der Waals surface area (Å²) < 4.78 is 7.71. The van der Waals surface area contributed by atoms with Gasteiger partial charge in [-0.05, 0) is 79.4 Å². The second-order valence-corrected chi connectivity index (χ2v) is 12.1. The number of ether oxygens (including phenoxy) is 1. The monoisotopic (exact) mass is 436 g/mol. The first-order valence-corrected chi connectivity index (χ1v) is 12.7. The average Bonchev–Trinajstić information content (AvgIpc) is 3.28. The molecule has 0 bridgehead atoms. The lowest BCUT2D eigenvalue weighted by Crippen LogP contribution is -2.61. The number of nitrogens with zero attached hydrogens (tertiary/aromatic N) is 1. The van der Waals surface area contributed by atoms with E-state index in [0.29, 0.717) is 29.1 Å². The predicted octanol–water partition coefficient (Wildman–Crippen LogP) is 5.59. The highest BCUT2D eigenvalue weighted by atomic mass is 32.1. The zero-order chi connectivity index (χ0) is 21.4. The standard InChI is InChI=1S/C26H32N2O2S/c1-15-12-21-26(3,11-9-22(29)28-21)17-8-10-25(2)14-16(13-18(25)23(15)17)30-24-27-19-6-4-5-7-20(19)31-24/h4-7,9,11,15-18,21,23H,8,10,12-14H2,1-3H3,(H,28,29)/t15?,16?,17-,18+,21?,23-,25-,26-/m1/s1. The maximum Gasteiger partial charge on any atom is 0.274 e. The third-order valence-corrected chi connectivity index (χ3v) is 10.3. The third-order valence-electron chi connectivity index (χ3n) is 9.33. The van der Waals surface area contributed by atoms with E-state index in [1.54, 1.807) is 17.4 Å². The lowest BCUT2D eigenvalue weighted by molar-refractivity contribution is -0.124. The van der Waals surface area contributed by atoms with Crippen LogP contribution in [0, 0.1) is 34.5 Å². The fourth-order valence-electron chi connectivity index (χ4n) is 7.81. The summed E-state index contributed by atoms with van der Waals surface area (Å²) in [5.41, 5.74) is 1.47. The van der Waals surface area contributed by atoms with Crippen molar-refractivity contribution in [2.45, 2.75) is 65.0 Å². The van der Waals surface area contributed by atoms with Crippen LogP contribution in [0.4, 0.5) is 0 Å². The van der Waals surface area contributed by atoms with Crippen LogP contribution in [0.25, 0.3) is 10.2 Å². The van der Waals surface area contributed by atoms with Gasteiger partial charge in [0.15, 0.2) is 0 Å². The SMILES string of the molecule is CC1CC2NC(=O)C=C[C@]2(C)[C@@H]2CC[C@]3(C)CC(Oc4nc5ccccc5s4)C[C@H]3[C@H]12. The number of hydrogen-bond donors (Lipinski definition) is 1. The largest absolute Gasteiger partial charge is 0.467 e. The molecule has 0 saturated heterocycles. The molecule has 31 heavy (non-hydrogen) atoms. The smallest absolute Gasteiger partial charge is 0.274 e. The van der Waals surface area contributed by atoms with Crippen molar-refractivity contribution in [1.82, 2.24) is 10.3 Å². The molecule has 4 nitrogen and oxygen atoms in total. The molecule has 1 N–H and O–H groups in total. The Balaban J connectivity index is 1.27. The Morgan fingerprint density at radius 1 is 1.19 bits per heavy atom. The van der Waals surface area contributed by atoms with Crippen molar-refractivity contribution in [3.05, 3.63) is 36.4 Å². The molecule has 3 saturated carbocycles. The minimum Gasteiger partial charge on any atom is -0.467 e. The van der Waals surface area contributed by atoms with Crippen LogP contribution in [0.5, 0.6) is 5.19 Å². The number of carbonyl (C=O) groups is 1. The summed E-state index contributed by atoms with van der Waals surface area (Å²) in [5.74, 6) is 2.73. The average molecular weight is 437 g/mol. The molecule has 5 heteroatoms. The van der Waals surface area contributed by atoms with E-state index in [9.17, 15) is 4.79 Å². The minimum absolute atomic E-state index is 0.0817. The Bertz CT molecular complexity index is 1030. The van der Waals surface area contributed by atoms with Crippen molar-refractivity contribution in [2.24, 2.45) is 34.5 Å². The maximum absolute atomic E-state index is 12.0. The Kier molecular flexibility index (Phi) is 4.34. The first kappa shape index (κ1) is 19.8. The summed E-state index contributed by atoms with van der Waals surface area (Å²) in [6.45, 7) is 7.33. The second kappa shape index (κ2) is 6.81. The number of hydrogen-bond acceptors (Lipinski definition) is 4. The van der Waals surface area contributed by atoms with E-state index in [0.717, 1.165) is 30.0 Å². The molecule has 2 heterocycles. The molecule has 3 unspecified atom stereocenters. The summed E-state index contributed by atoms with van der Waals surface area (Å²) in [6.07, 6.45) is 10.2. The zero-order valence-electron chi connectivity index (χ0n) is 18.6. The minimum atomic E-state index is 0.0817. The van der Waals surface area contributed by atoms with E-state index in [1.807, 2.05) is 6.07 Å². The van der Waals surface area contributed by atoms with E-state index in [1.165, 1.54) is 17.5 Å². The summed E-state index contributed by atoms with van der Waals surface area (Å²) in [4.78, 5) is 16.8. The molecular weight excluding hydrogens is 404 g/mol. The van der Waals surface area contributed by atoms with Crippen LogP contribution < -0.4 is 10.1 Å². The molecule has 0 radical (unpaired) electrons. The van der Waals surface area contributed by atoms with Gasteiger partial charge < -0.3 is 10.1 Å². The molecular formula is C26H32N2O2S. The van der Waals surface area contributed by atoms with Gasteiger partial charge in [-0.1, -0.05) is 50.3 Å². The van der Waals surface area contributed by atoms with Crippen molar-refractivity contribution in [3.8, 4) is 5.19 Å². The molecule has 1 amide bonds. The fourth-order valence-corrected chi connectivity index (χ4v) is 8.69. The Labute approximate surface area is 188 Å². The van der Waals surface area contributed by atoms with Gasteiger partial charge in [-0.15, -0.1) is 0 Å². The Morgan fingerprint density at radius 3 is 2.87 bits per heavy atom. The molecule has 2 aromatic rings. The molecule has 4 aliphatic rings. The van der Waals surface area contributed by atoms with Crippen molar-refractivity contribution in [1.29, 1.82) is 0 Å². The first-order chi connectivity index (χ1) is 14.9. The van der Waals surface area contributed by atoms with Crippen molar-refractivity contribution in [3.63, 3.8) is 0 Å². The lowest BCUT2D eigenvalue weighted by atomic mass is 9.46. The molecule has 3 aliphatic carbocycles. The van der Waals surface area contributed by atoms with Gasteiger partial charge in [-0.2, -0.15) is 0 Å². The van der Waals surface area contributed by atoms with Gasteiger partial charge in [-0.3, -0.25) is 4.79 Å². The highest BCUT2D eigenvalue weighted by Crippen LogP contribution is 2.64. The van der Waals surface area contributed by atoms with Gasteiger partial charge in [0, 0.05) is 11.5 Å². The van der Waals surface area contributed by atoms with Gasteiger partial charge >= 0.3 is 0 Å². The highest BCUT2D eigenvalue weighted by molar-refractivity contribution is 7.20. The van der Waals surface area contributed by atoms with Gasteiger partial charge in [0.25, 0.3) is 5.19 Å². The number of nitrogens with one attached hydrogen (secondary N) is 1. The molecule has 1 aliphatic heterocycles. The van der Waals surface area contributed by atoms with Gasteiger partial charge in [-0.25, -0.2) is 4.98 Å². The first-order valence-electron chi connectivity index (χ1n) is 11.9. The van der Waals surface area contributed by atoms with Crippen LogP contribution in [0.1, 0.15) is 52.9 Å². The van der Waals surface area contributed by atoms with Crippen LogP contribution in [0.3, 0.4) is 0 Å². The summed E-state index contributed by atoms with van der Waals surface area (Å²) in [6, 6.07) is 8.57. The van der Waals surface area contributed by atoms with Crippen LogP contribution in [-0.4, -0.2) is 23.0 Å². The highest BCUT2D eigenvalue weighted by Gasteiger charge is 2.61. The Morgan fingerprint density at radius 2 is 2.03 bits per heavy atom. The van der Waals surface area contributed by atoms with Gasteiger partial charge in [0.1, 0.15) is 6.10 Å². The topological polar surface area (TPSA) is 51.2 Å². The molecule has 1 aromatic heterocycles. The zero-order valence-corrected chi connectivity index (χ0v) is 19.5. The summed E-state index contributed by atoms with van der Waals surface area (Å²) in [5, 5.41) is 4.11. The molecule has 8 atom stereocenters. The number of fused-ring (bicyclic) bond motifs is 6. The van der Waals surface area contributed by atoms with E-state index in [2.05, 4.69) is 50.4 Å². The number of thiazole rings is 1. The van der Waals surface area contributed by atoms with Crippen molar-refractivity contribution in [2.75, 3.05) is 0 Å². The van der Waals surface area contributed by atoms with Crippen LogP contribution >= 0.6 is 11.3 Å². The normalized spacial score (nSPS) is 43.8. The van der Waals surface area contributed by atoms with E-state index in [-0.39, 0.29) is 23.5 Å². The number of amides is 1. The van der Waals surface area contributed by atoms with Gasteiger partial charge in [0.05, 0.1) is 10.2 Å². The quantitative estimate of drug-likeness (QED) is 0.668. The lowest BCUT2D eigenvalue weighted by Gasteiger charge is -2.60.